The van der Waals surface area contributed by atoms with Crippen molar-refractivity contribution in [1.82, 2.24) is 4.90 Å². The second-order valence-corrected chi connectivity index (χ2v) is 5.16. The van der Waals surface area contributed by atoms with Gasteiger partial charge in [0.1, 0.15) is 0 Å². The van der Waals surface area contributed by atoms with Gasteiger partial charge in [0.2, 0.25) is 0 Å². The van der Waals surface area contributed by atoms with Crippen LogP contribution in [0.1, 0.15) is 41.0 Å². The van der Waals surface area contributed by atoms with Gasteiger partial charge in [-0.15, -0.1) is 0 Å². The summed E-state index contributed by atoms with van der Waals surface area (Å²) in [5.41, 5.74) is 0. The molecule has 0 amide bonds. The Bertz CT molecular complexity index is 217. The maximum Gasteiger partial charge on any atom is 0.320 e. The highest BCUT2D eigenvalue weighted by Gasteiger charge is 2.14. The first kappa shape index (κ1) is 17.4. The Kier molecular flexibility index (Phi) is 9.98. The fraction of sp³-hybridized carbons (Fsp3) is 0.929. The molecule has 0 saturated carbocycles. The van der Waals surface area contributed by atoms with Crippen LogP contribution in [0.5, 0.6) is 0 Å². The molecule has 0 aromatic carbocycles. The molecule has 0 aromatic rings. The summed E-state index contributed by atoms with van der Waals surface area (Å²) in [5, 5.41) is 0. The van der Waals surface area contributed by atoms with Crippen molar-refractivity contribution in [1.29, 1.82) is 0 Å². The van der Waals surface area contributed by atoms with Crippen LogP contribution in [-0.4, -0.2) is 49.8 Å². The zero-order valence-electron chi connectivity index (χ0n) is 12.6. The predicted molar refractivity (Wildman–Crippen MR) is 73.6 cm³/mol. The molecule has 0 spiro atoms. The fourth-order valence-corrected chi connectivity index (χ4v) is 1.50. The van der Waals surface area contributed by atoms with E-state index >= 15 is 0 Å². The van der Waals surface area contributed by atoms with Gasteiger partial charge in [-0.3, -0.25) is 9.69 Å². The van der Waals surface area contributed by atoms with Crippen molar-refractivity contribution in [3.05, 3.63) is 0 Å². The number of ether oxygens (including phenoxy) is 2. The molecular weight excluding hydrogens is 230 g/mol. The fourth-order valence-electron chi connectivity index (χ4n) is 1.50. The van der Waals surface area contributed by atoms with Crippen LogP contribution >= 0.6 is 0 Å². The lowest BCUT2D eigenvalue weighted by atomic mass is 10.1. The smallest absolute Gasteiger partial charge is 0.320 e. The quantitative estimate of drug-likeness (QED) is 0.446. The van der Waals surface area contributed by atoms with E-state index in [0.717, 1.165) is 19.6 Å². The number of rotatable bonds is 10. The molecule has 0 aliphatic rings. The first-order valence-electron chi connectivity index (χ1n) is 6.94. The summed E-state index contributed by atoms with van der Waals surface area (Å²) >= 11 is 0. The summed E-state index contributed by atoms with van der Waals surface area (Å²) < 4.78 is 10.5. The Hall–Kier alpha value is -0.610. The summed E-state index contributed by atoms with van der Waals surface area (Å²) in [7, 11) is 0. The zero-order chi connectivity index (χ0) is 14.0. The molecule has 0 fully saturated rings. The van der Waals surface area contributed by atoms with E-state index in [-0.39, 0.29) is 5.97 Å². The topological polar surface area (TPSA) is 38.8 Å². The molecular formula is C14H29NO3. The molecule has 0 radical (unpaired) electrons. The summed E-state index contributed by atoms with van der Waals surface area (Å²) in [6, 6.07) is 0.322. The van der Waals surface area contributed by atoms with E-state index in [1.165, 1.54) is 0 Å². The zero-order valence-corrected chi connectivity index (χ0v) is 12.6. The van der Waals surface area contributed by atoms with Crippen molar-refractivity contribution < 1.29 is 14.3 Å². The minimum absolute atomic E-state index is 0.159. The molecule has 4 nitrogen and oxygen atoms in total. The molecule has 18 heavy (non-hydrogen) atoms. The summed E-state index contributed by atoms with van der Waals surface area (Å²) in [5.74, 6) is 0.513. The largest absolute Gasteiger partial charge is 0.465 e. The van der Waals surface area contributed by atoms with Gasteiger partial charge in [0.15, 0.2) is 0 Å². The van der Waals surface area contributed by atoms with Crippen molar-refractivity contribution in [2.75, 3.05) is 32.9 Å². The average Bonchev–Trinajstić information content (AvgIpc) is 2.26. The highest BCUT2D eigenvalue weighted by Crippen LogP contribution is 2.01. The first-order chi connectivity index (χ1) is 8.47. The molecule has 0 aliphatic carbocycles. The van der Waals surface area contributed by atoms with Crippen LogP contribution in [0.2, 0.25) is 0 Å². The molecule has 108 valence electrons. The van der Waals surface area contributed by atoms with E-state index in [1.54, 1.807) is 0 Å². The van der Waals surface area contributed by atoms with Crippen LogP contribution in [0, 0.1) is 5.92 Å². The lowest BCUT2D eigenvalue weighted by Crippen LogP contribution is -2.38. The number of carbonyl (C=O) groups is 1. The van der Waals surface area contributed by atoms with Crippen LogP contribution in [0.15, 0.2) is 0 Å². The molecule has 0 unspecified atom stereocenters. The van der Waals surface area contributed by atoms with E-state index in [4.69, 9.17) is 9.47 Å². The summed E-state index contributed by atoms with van der Waals surface area (Å²) in [6.07, 6.45) is 1.08. The number of hydrogen-bond donors (Lipinski definition) is 0. The number of hydrogen-bond acceptors (Lipinski definition) is 4. The van der Waals surface area contributed by atoms with Crippen molar-refractivity contribution >= 4 is 5.97 Å². The molecule has 0 N–H and O–H groups in total. The Balaban J connectivity index is 3.80. The summed E-state index contributed by atoms with van der Waals surface area (Å²) in [6.45, 7) is 13.4. The third kappa shape index (κ3) is 9.42. The van der Waals surface area contributed by atoms with Gasteiger partial charge in [-0.2, -0.15) is 0 Å². The number of nitrogens with zero attached hydrogens (tertiary/aromatic N) is 1. The van der Waals surface area contributed by atoms with Gasteiger partial charge in [0, 0.05) is 19.2 Å². The maximum atomic E-state index is 11.4. The normalized spacial score (nSPS) is 11.6. The monoisotopic (exact) mass is 259 g/mol. The van der Waals surface area contributed by atoms with E-state index < -0.39 is 0 Å². The molecule has 0 aromatic heterocycles. The second kappa shape index (κ2) is 10.3. The van der Waals surface area contributed by atoms with Crippen LogP contribution < -0.4 is 0 Å². The maximum absolute atomic E-state index is 11.4. The Morgan fingerprint density at radius 2 is 1.83 bits per heavy atom. The van der Waals surface area contributed by atoms with Crippen LogP contribution in [-0.2, 0) is 14.3 Å². The van der Waals surface area contributed by atoms with Gasteiger partial charge in [-0.25, -0.2) is 0 Å². The molecule has 4 heteroatoms. The van der Waals surface area contributed by atoms with Gasteiger partial charge in [-0.05, 0) is 33.1 Å². The minimum Gasteiger partial charge on any atom is -0.465 e. The van der Waals surface area contributed by atoms with E-state index in [0.29, 0.717) is 31.7 Å². The van der Waals surface area contributed by atoms with Crippen LogP contribution in [0.25, 0.3) is 0 Å². The Morgan fingerprint density at radius 1 is 1.17 bits per heavy atom. The predicted octanol–water partition coefficient (Wildman–Crippen LogP) is 2.32. The second-order valence-electron chi connectivity index (χ2n) is 5.16. The van der Waals surface area contributed by atoms with Crippen molar-refractivity contribution in [2.24, 2.45) is 5.92 Å². The lowest BCUT2D eigenvalue weighted by molar-refractivity contribution is -0.145. The van der Waals surface area contributed by atoms with Crippen molar-refractivity contribution in [3.8, 4) is 0 Å². The SMILES string of the molecule is CCOC(=O)CN(CCOCCC(C)C)C(C)C. The van der Waals surface area contributed by atoms with Crippen LogP contribution in [0.4, 0.5) is 0 Å². The van der Waals surface area contributed by atoms with E-state index in [2.05, 4.69) is 32.6 Å². The molecule has 0 aliphatic heterocycles. The van der Waals surface area contributed by atoms with Gasteiger partial charge < -0.3 is 9.47 Å². The Labute approximate surface area is 112 Å². The van der Waals surface area contributed by atoms with Crippen LogP contribution in [0.3, 0.4) is 0 Å². The number of carbonyl (C=O) groups excluding carboxylic acids is 1. The lowest BCUT2D eigenvalue weighted by Gasteiger charge is -2.25. The van der Waals surface area contributed by atoms with Gasteiger partial charge in [0.05, 0.1) is 19.8 Å². The third-order valence-electron chi connectivity index (χ3n) is 2.73. The summed E-state index contributed by atoms with van der Waals surface area (Å²) in [4.78, 5) is 13.5. The van der Waals surface area contributed by atoms with Gasteiger partial charge in [-0.1, -0.05) is 13.8 Å². The van der Waals surface area contributed by atoms with Gasteiger partial charge >= 0.3 is 5.97 Å². The molecule has 0 heterocycles. The Morgan fingerprint density at radius 3 is 2.33 bits per heavy atom. The molecule has 0 saturated heterocycles. The molecule has 0 bridgehead atoms. The number of esters is 1. The highest BCUT2D eigenvalue weighted by molar-refractivity contribution is 5.71. The third-order valence-corrected chi connectivity index (χ3v) is 2.73. The minimum atomic E-state index is -0.159. The standard InChI is InChI=1S/C14H29NO3/c1-6-18-14(16)11-15(13(4)5)8-10-17-9-7-12(2)3/h12-13H,6-11H2,1-5H3. The first-order valence-corrected chi connectivity index (χ1v) is 6.94. The average molecular weight is 259 g/mol. The highest BCUT2D eigenvalue weighted by atomic mass is 16.5. The molecule has 0 atom stereocenters. The van der Waals surface area contributed by atoms with E-state index in [9.17, 15) is 4.79 Å². The van der Waals surface area contributed by atoms with Gasteiger partial charge in [0.25, 0.3) is 0 Å². The van der Waals surface area contributed by atoms with Crippen molar-refractivity contribution in [3.63, 3.8) is 0 Å². The van der Waals surface area contributed by atoms with Crippen molar-refractivity contribution in [2.45, 2.75) is 47.1 Å². The van der Waals surface area contributed by atoms with E-state index in [1.807, 2.05) is 6.92 Å². The molecule has 0 rings (SSSR count).